The molecule has 1 N–H and O–H groups in total. The minimum atomic E-state index is -0.0188. The lowest BCUT2D eigenvalue weighted by Crippen LogP contribution is -2.32. The number of nitrogens with zero attached hydrogens (tertiary/aromatic N) is 2. The van der Waals surface area contributed by atoms with Crippen LogP contribution < -0.4 is 5.32 Å². The van der Waals surface area contributed by atoms with Crippen molar-refractivity contribution in [2.24, 2.45) is 0 Å². The first kappa shape index (κ1) is 17.0. The average molecular weight is 333 g/mol. The highest BCUT2D eigenvalue weighted by molar-refractivity contribution is 5.94. The highest BCUT2D eigenvalue weighted by Gasteiger charge is 2.10. The lowest BCUT2D eigenvalue weighted by molar-refractivity contribution is 0.0938. The van der Waals surface area contributed by atoms with Crippen LogP contribution in [-0.2, 0) is 13.0 Å². The van der Waals surface area contributed by atoms with Gasteiger partial charge in [0.2, 0.25) is 0 Å². The van der Waals surface area contributed by atoms with E-state index in [-0.39, 0.29) is 11.9 Å². The average Bonchev–Trinajstić information content (AvgIpc) is 3.14. The predicted octanol–water partition coefficient (Wildman–Crippen LogP) is 3.68. The van der Waals surface area contributed by atoms with Gasteiger partial charge in [-0.3, -0.25) is 4.79 Å². The van der Waals surface area contributed by atoms with Gasteiger partial charge >= 0.3 is 0 Å². The van der Waals surface area contributed by atoms with Crippen molar-refractivity contribution in [1.29, 1.82) is 0 Å². The van der Waals surface area contributed by atoms with E-state index in [9.17, 15) is 4.79 Å². The Morgan fingerprint density at radius 1 is 1.08 bits per heavy atom. The number of aryl methyl sites for hydroxylation is 1. The Kier molecular flexibility index (Phi) is 5.62. The maximum Gasteiger partial charge on any atom is 0.251 e. The Bertz CT molecular complexity index is 780. The molecule has 1 heterocycles. The molecule has 0 aliphatic carbocycles. The van der Waals surface area contributed by atoms with Crippen LogP contribution in [0.3, 0.4) is 0 Å². The van der Waals surface area contributed by atoms with Crippen LogP contribution in [0.25, 0.3) is 0 Å². The third kappa shape index (κ3) is 5.05. The second-order valence-corrected chi connectivity index (χ2v) is 6.33. The maximum absolute atomic E-state index is 12.4. The van der Waals surface area contributed by atoms with Gasteiger partial charge in [-0.15, -0.1) is 0 Å². The Hall–Kier alpha value is -2.88. The SMILES string of the molecule is CC(CCc1ccccc1)NC(=O)c1ccc(Cn2ccnc2)cc1. The van der Waals surface area contributed by atoms with Gasteiger partial charge in [0, 0.05) is 30.5 Å². The Morgan fingerprint density at radius 3 is 2.52 bits per heavy atom. The lowest BCUT2D eigenvalue weighted by Gasteiger charge is -2.14. The second kappa shape index (κ2) is 8.29. The summed E-state index contributed by atoms with van der Waals surface area (Å²) in [6.45, 7) is 2.81. The smallest absolute Gasteiger partial charge is 0.251 e. The largest absolute Gasteiger partial charge is 0.350 e. The number of hydrogen-bond donors (Lipinski definition) is 1. The molecule has 4 heteroatoms. The van der Waals surface area contributed by atoms with E-state index in [1.165, 1.54) is 5.56 Å². The second-order valence-electron chi connectivity index (χ2n) is 6.33. The molecule has 0 saturated carbocycles. The summed E-state index contributed by atoms with van der Waals surface area (Å²) in [4.78, 5) is 16.4. The van der Waals surface area contributed by atoms with Gasteiger partial charge < -0.3 is 9.88 Å². The molecule has 1 unspecified atom stereocenters. The van der Waals surface area contributed by atoms with E-state index in [4.69, 9.17) is 0 Å². The molecular weight excluding hydrogens is 310 g/mol. The molecule has 1 amide bonds. The first-order valence-corrected chi connectivity index (χ1v) is 8.60. The topological polar surface area (TPSA) is 46.9 Å². The molecule has 0 radical (unpaired) electrons. The fourth-order valence-electron chi connectivity index (χ4n) is 2.76. The van der Waals surface area contributed by atoms with E-state index in [0.29, 0.717) is 5.56 Å². The molecule has 128 valence electrons. The van der Waals surface area contributed by atoms with Crippen LogP contribution >= 0.6 is 0 Å². The van der Waals surface area contributed by atoms with Gasteiger partial charge in [-0.2, -0.15) is 0 Å². The molecule has 0 fully saturated rings. The number of carbonyl (C=O) groups excluding carboxylic acids is 1. The first-order valence-electron chi connectivity index (χ1n) is 8.60. The number of carbonyl (C=O) groups is 1. The summed E-state index contributed by atoms with van der Waals surface area (Å²) in [6, 6.07) is 18.2. The molecule has 0 aliphatic rings. The van der Waals surface area contributed by atoms with Crippen LogP contribution in [0.1, 0.15) is 34.8 Å². The van der Waals surface area contributed by atoms with Gasteiger partial charge in [0.15, 0.2) is 0 Å². The highest BCUT2D eigenvalue weighted by atomic mass is 16.1. The fourth-order valence-corrected chi connectivity index (χ4v) is 2.76. The summed E-state index contributed by atoms with van der Waals surface area (Å²) in [5.74, 6) is -0.0188. The van der Waals surface area contributed by atoms with E-state index in [0.717, 1.165) is 24.9 Å². The molecule has 0 saturated heterocycles. The molecule has 1 atom stereocenters. The van der Waals surface area contributed by atoms with Crippen LogP contribution in [-0.4, -0.2) is 21.5 Å². The molecule has 3 aromatic rings. The summed E-state index contributed by atoms with van der Waals surface area (Å²) < 4.78 is 2.00. The number of hydrogen-bond acceptors (Lipinski definition) is 2. The van der Waals surface area contributed by atoms with E-state index < -0.39 is 0 Å². The molecule has 25 heavy (non-hydrogen) atoms. The van der Waals surface area contributed by atoms with E-state index in [1.54, 1.807) is 12.5 Å². The van der Waals surface area contributed by atoms with Crippen LogP contribution in [0.2, 0.25) is 0 Å². The number of rotatable bonds is 7. The first-order chi connectivity index (χ1) is 12.2. The number of amides is 1. The van der Waals surface area contributed by atoms with Crippen molar-refractivity contribution in [3.63, 3.8) is 0 Å². The molecule has 0 aliphatic heterocycles. The zero-order valence-electron chi connectivity index (χ0n) is 14.4. The summed E-state index contributed by atoms with van der Waals surface area (Å²) >= 11 is 0. The van der Waals surface area contributed by atoms with E-state index in [2.05, 4.69) is 22.4 Å². The maximum atomic E-state index is 12.4. The third-order valence-corrected chi connectivity index (χ3v) is 4.23. The molecule has 4 nitrogen and oxygen atoms in total. The van der Waals surface area contributed by atoms with Crippen molar-refractivity contribution >= 4 is 5.91 Å². The zero-order valence-corrected chi connectivity index (χ0v) is 14.4. The molecule has 0 spiro atoms. The highest BCUT2D eigenvalue weighted by Crippen LogP contribution is 2.09. The van der Waals surface area contributed by atoms with Crippen LogP contribution in [0.15, 0.2) is 73.3 Å². The van der Waals surface area contributed by atoms with Crippen molar-refractivity contribution in [2.75, 3.05) is 0 Å². The summed E-state index contributed by atoms with van der Waals surface area (Å²) in [5, 5.41) is 3.08. The number of imidazole rings is 1. The Balaban J connectivity index is 1.50. The van der Waals surface area contributed by atoms with Crippen LogP contribution in [0.5, 0.6) is 0 Å². The van der Waals surface area contributed by atoms with Gasteiger partial charge in [-0.1, -0.05) is 42.5 Å². The quantitative estimate of drug-likeness (QED) is 0.717. The molecule has 2 aromatic carbocycles. The van der Waals surface area contributed by atoms with Gasteiger partial charge in [-0.05, 0) is 43.0 Å². The van der Waals surface area contributed by atoms with Gasteiger partial charge in [0.25, 0.3) is 5.91 Å². The predicted molar refractivity (Wildman–Crippen MR) is 99.5 cm³/mol. The van der Waals surface area contributed by atoms with E-state index >= 15 is 0 Å². The summed E-state index contributed by atoms with van der Waals surface area (Å²) in [7, 11) is 0. The summed E-state index contributed by atoms with van der Waals surface area (Å²) in [5.41, 5.74) is 3.14. The van der Waals surface area contributed by atoms with Crippen molar-refractivity contribution in [3.8, 4) is 0 Å². The standard InChI is InChI=1S/C21H23N3O/c1-17(7-8-18-5-3-2-4-6-18)23-21(25)20-11-9-19(10-12-20)15-24-14-13-22-16-24/h2-6,9-14,16-17H,7-8,15H2,1H3,(H,23,25). The van der Waals surface area contributed by atoms with Crippen LogP contribution in [0.4, 0.5) is 0 Å². The van der Waals surface area contributed by atoms with Crippen molar-refractivity contribution in [1.82, 2.24) is 14.9 Å². The van der Waals surface area contributed by atoms with Crippen LogP contribution in [0, 0.1) is 0 Å². The number of nitrogens with one attached hydrogen (secondary N) is 1. The van der Waals surface area contributed by atoms with E-state index in [1.807, 2.05) is 60.2 Å². The normalized spacial score (nSPS) is 11.9. The summed E-state index contributed by atoms with van der Waals surface area (Å²) in [6.07, 6.45) is 7.36. The number of aromatic nitrogens is 2. The molecule has 1 aromatic heterocycles. The molecule has 3 rings (SSSR count). The third-order valence-electron chi connectivity index (χ3n) is 4.23. The van der Waals surface area contributed by atoms with Gasteiger partial charge in [-0.25, -0.2) is 4.98 Å². The van der Waals surface area contributed by atoms with Gasteiger partial charge in [0.05, 0.1) is 6.33 Å². The lowest BCUT2D eigenvalue weighted by atomic mass is 10.1. The zero-order chi connectivity index (χ0) is 17.5. The monoisotopic (exact) mass is 333 g/mol. The molecular formula is C21H23N3O. The van der Waals surface area contributed by atoms with Crippen molar-refractivity contribution < 1.29 is 4.79 Å². The van der Waals surface area contributed by atoms with Crippen molar-refractivity contribution in [3.05, 3.63) is 90.0 Å². The Labute approximate surface area is 148 Å². The minimum Gasteiger partial charge on any atom is -0.350 e. The Morgan fingerprint density at radius 2 is 1.84 bits per heavy atom. The minimum absolute atomic E-state index is 0.0188. The molecule has 0 bridgehead atoms. The van der Waals surface area contributed by atoms with Gasteiger partial charge in [0.1, 0.15) is 0 Å². The van der Waals surface area contributed by atoms with Crippen molar-refractivity contribution in [2.45, 2.75) is 32.4 Å². The fraction of sp³-hybridized carbons (Fsp3) is 0.238. The number of benzene rings is 2.